The third-order valence-corrected chi connectivity index (χ3v) is 4.06. The van der Waals surface area contributed by atoms with Crippen LogP contribution in [0.15, 0.2) is 54.6 Å². The van der Waals surface area contributed by atoms with Gasteiger partial charge in [-0.3, -0.25) is 4.79 Å². The quantitative estimate of drug-likeness (QED) is 0.782. The highest BCUT2D eigenvalue weighted by Gasteiger charge is 2.11. The monoisotopic (exact) mass is 374 g/mol. The van der Waals surface area contributed by atoms with Crippen LogP contribution in [-0.4, -0.2) is 38.8 Å². The zero-order chi connectivity index (χ0) is 19.1. The molecule has 0 saturated carbocycles. The van der Waals surface area contributed by atoms with E-state index in [4.69, 9.17) is 4.74 Å². The molecule has 1 aliphatic heterocycles. The Hall–Kier alpha value is -2.93. The van der Waals surface area contributed by atoms with E-state index >= 15 is 0 Å². The van der Waals surface area contributed by atoms with Crippen LogP contribution in [0.1, 0.15) is 5.56 Å². The Morgan fingerprint density at radius 1 is 1.11 bits per heavy atom. The molecule has 0 atom stereocenters. The second-order valence-corrected chi connectivity index (χ2v) is 5.89. The normalized spacial score (nSPS) is 14.6. The van der Waals surface area contributed by atoms with Crippen LogP contribution in [0, 0.1) is 0 Å². The zero-order valence-electron chi connectivity index (χ0n) is 14.6. The Bertz CT molecular complexity index is 788. The minimum Gasteiger partial charge on any atom is -0.434 e. The fourth-order valence-corrected chi connectivity index (χ4v) is 2.75. The molecule has 5 nitrogen and oxygen atoms in total. The first-order valence-electron chi connectivity index (χ1n) is 8.57. The van der Waals surface area contributed by atoms with Crippen LogP contribution in [0.25, 0.3) is 6.08 Å². The van der Waals surface area contributed by atoms with Gasteiger partial charge < -0.3 is 19.7 Å². The van der Waals surface area contributed by atoms with Gasteiger partial charge in [-0.05, 0) is 36.4 Å². The maximum Gasteiger partial charge on any atom is 0.387 e. The highest BCUT2D eigenvalue weighted by Crippen LogP contribution is 2.22. The molecule has 0 aromatic heterocycles. The Balaban J connectivity index is 1.60. The number of halogens is 2. The predicted octanol–water partition coefficient (Wildman–Crippen LogP) is 3.78. The highest BCUT2D eigenvalue weighted by molar-refractivity contribution is 6.02. The van der Waals surface area contributed by atoms with E-state index in [1.54, 1.807) is 18.2 Å². The van der Waals surface area contributed by atoms with Gasteiger partial charge in [0.2, 0.25) is 5.91 Å². The van der Waals surface area contributed by atoms with Gasteiger partial charge in [0.15, 0.2) is 0 Å². The second kappa shape index (κ2) is 9.14. The lowest BCUT2D eigenvalue weighted by molar-refractivity contribution is -0.111. The van der Waals surface area contributed by atoms with E-state index in [2.05, 4.69) is 15.0 Å². The smallest absolute Gasteiger partial charge is 0.387 e. The molecule has 142 valence electrons. The summed E-state index contributed by atoms with van der Waals surface area (Å²) in [5.41, 5.74) is 2.12. The van der Waals surface area contributed by atoms with Gasteiger partial charge in [-0.1, -0.05) is 18.2 Å². The van der Waals surface area contributed by atoms with Crippen molar-refractivity contribution in [3.8, 4) is 5.75 Å². The zero-order valence-corrected chi connectivity index (χ0v) is 14.6. The molecule has 1 saturated heterocycles. The Morgan fingerprint density at radius 2 is 1.81 bits per heavy atom. The number of amides is 1. The maximum atomic E-state index is 12.4. The van der Waals surface area contributed by atoms with Crippen molar-refractivity contribution in [2.24, 2.45) is 0 Å². The van der Waals surface area contributed by atoms with Crippen molar-refractivity contribution in [2.75, 3.05) is 36.5 Å². The number of nitrogens with one attached hydrogen (secondary N) is 1. The van der Waals surface area contributed by atoms with E-state index in [1.165, 1.54) is 18.2 Å². The van der Waals surface area contributed by atoms with Gasteiger partial charge in [0.05, 0.1) is 13.2 Å². The van der Waals surface area contributed by atoms with Crippen molar-refractivity contribution < 1.29 is 23.0 Å². The van der Waals surface area contributed by atoms with Crippen molar-refractivity contribution >= 4 is 23.4 Å². The average molecular weight is 374 g/mol. The van der Waals surface area contributed by atoms with Crippen LogP contribution < -0.4 is 15.0 Å². The first kappa shape index (κ1) is 18.8. The second-order valence-electron chi connectivity index (χ2n) is 5.89. The van der Waals surface area contributed by atoms with E-state index in [9.17, 15) is 13.6 Å². The van der Waals surface area contributed by atoms with Crippen molar-refractivity contribution in [3.63, 3.8) is 0 Å². The summed E-state index contributed by atoms with van der Waals surface area (Å²) >= 11 is 0. The number of hydrogen-bond acceptors (Lipinski definition) is 4. The Labute approximate surface area is 156 Å². The highest BCUT2D eigenvalue weighted by atomic mass is 19.3. The molecule has 0 spiro atoms. The van der Waals surface area contributed by atoms with Crippen LogP contribution in [0.5, 0.6) is 5.75 Å². The van der Waals surface area contributed by atoms with Crippen LogP contribution in [-0.2, 0) is 9.53 Å². The molecule has 1 fully saturated rings. The molecule has 2 aromatic rings. The van der Waals surface area contributed by atoms with Crippen LogP contribution >= 0.6 is 0 Å². The van der Waals surface area contributed by atoms with Crippen molar-refractivity contribution in [2.45, 2.75) is 6.61 Å². The van der Waals surface area contributed by atoms with E-state index < -0.39 is 6.61 Å². The van der Waals surface area contributed by atoms with E-state index in [0.717, 1.165) is 18.8 Å². The number of rotatable bonds is 6. The largest absolute Gasteiger partial charge is 0.434 e. The van der Waals surface area contributed by atoms with Crippen LogP contribution in [0.4, 0.5) is 20.2 Å². The van der Waals surface area contributed by atoms with Gasteiger partial charge in [-0.2, -0.15) is 8.78 Å². The number of hydrogen-bond donors (Lipinski definition) is 1. The number of morpholine rings is 1. The van der Waals surface area contributed by atoms with Gasteiger partial charge >= 0.3 is 6.61 Å². The van der Waals surface area contributed by atoms with Crippen molar-refractivity contribution in [1.29, 1.82) is 0 Å². The van der Waals surface area contributed by atoms with Gasteiger partial charge in [0.25, 0.3) is 0 Å². The lowest BCUT2D eigenvalue weighted by Crippen LogP contribution is -2.36. The Morgan fingerprint density at radius 3 is 2.52 bits per heavy atom. The fraction of sp³-hybridized carbons (Fsp3) is 0.250. The summed E-state index contributed by atoms with van der Waals surface area (Å²) in [7, 11) is 0. The average Bonchev–Trinajstić information content (AvgIpc) is 2.68. The van der Waals surface area contributed by atoms with Crippen LogP contribution in [0.3, 0.4) is 0 Å². The summed E-state index contributed by atoms with van der Waals surface area (Å²) < 4.78 is 34.6. The molecule has 1 heterocycles. The molecule has 1 amide bonds. The predicted molar refractivity (Wildman–Crippen MR) is 100 cm³/mol. The summed E-state index contributed by atoms with van der Waals surface area (Å²) in [6.45, 7) is 0.182. The third-order valence-electron chi connectivity index (χ3n) is 4.06. The molecule has 0 aliphatic carbocycles. The van der Waals surface area contributed by atoms with Crippen LogP contribution in [0.2, 0.25) is 0 Å². The van der Waals surface area contributed by atoms with E-state index in [1.807, 2.05) is 24.3 Å². The minimum absolute atomic E-state index is 0.0198. The lowest BCUT2D eigenvalue weighted by Gasteiger charge is -2.28. The molecule has 7 heteroatoms. The summed E-state index contributed by atoms with van der Waals surface area (Å²) in [4.78, 5) is 14.3. The SMILES string of the molecule is O=C(/C=C/c1ccccc1OC(F)F)Nc1ccc(N2CCOCC2)cc1. The molecule has 1 N–H and O–H groups in total. The molecule has 0 radical (unpaired) electrons. The molecule has 2 aromatic carbocycles. The molecule has 0 unspecified atom stereocenters. The molecular weight excluding hydrogens is 354 g/mol. The first-order chi connectivity index (χ1) is 13.1. The number of benzene rings is 2. The van der Waals surface area contributed by atoms with Crippen molar-refractivity contribution in [1.82, 2.24) is 0 Å². The first-order valence-corrected chi connectivity index (χ1v) is 8.57. The van der Waals surface area contributed by atoms with E-state index in [0.29, 0.717) is 24.5 Å². The topological polar surface area (TPSA) is 50.8 Å². The number of nitrogens with zero attached hydrogens (tertiary/aromatic N) is 1. The summed E-state index contributed by atoms with van der Waals surface area (Å²) in [5, 5.41) is 2.74. The van der Waals surface area contributed by atoms with Gasteiger partial charge in [-0.15, -0.1) is 0 Å². The molecule has 3 rings (SSSR count). The van der Waals surface area contributed by atoms with Crippen molar-refractivity contribution in [3.05, 3.63) is 60.2 Å². The number of para-hydroxylation sites is 1. The number of alkyl halides is 2. The number of ether oxygens (including phenoxy) is 2. The lowest BCUT2D eigenvalue weighted by atomic mass is 10.2. The number of carbonyl (C=O) groups excluding carboxylic acids is 1. The molecule has 1 aliphatic rings. The van der Waals surface area contributed by atoms with Gasteiger partial charge in [-0.25, -0.2) is 0 Å². The molecule has 27 heavy (non-hydrogen) atoms. The summed E-state index contributed by atoms with van der Waals surface area (Å²) in [6.07, 6.45) is 2.72. The standard InChI is InChI=1S/C20H20F2N2O3/c21-20(22)27-18-4-2-1-3-15(18)5-10-19(25)23-16-6-8-17(9-7-16)24-11-13-26-14-12-24/h1-10,20H,11-14H2,(H,23,25)/b10-5+. The molecule has 0 bridgehead atoms. The molecular formula is C20H20F2N2O3. The summed E-state index contributed by atoms with van der Waals surface area (Å²) in [6, 6.07) is 13.8. The Kier molecular flexibility index (Phi) is 6.38. The van der Waals surface area contributed by atoms with Gasteiger partial charge in [0, 0.05) is 36.1 Å². The fourth-order valence-electron chi connectivity index (χ4n) is 2.75. The maximum absolute atomic E-state index is 12.4. The van der Waals surface area contributed by atoms with Gasteiger partial charge in [0.1, 0.15) is 5.75 Å². The minimum atomic E-state index is -2.92. The number of anilines is 2. The summed E-state index contributed by atoms with van der Waals surface area (Å²) in [5.74, 6) is -0.340. The third kappa shape index (κ3) is 5.52. The number of carbonyl (C=O) groups is 1. The van der Waals surface area contributed by atoms with E-state index in [-0.39, 0.29) is 11.7 Å².